The topological polar surface area (TPSA) is 73.2 Å². The van der Waals surface area contributed by atoms with E-state index in [1.807, 2.05) is 24.3 Å². The number of aromatic nitrogens is 2. The van der Waals surface area contributed by atoms with Gasteiger partial charge in [-0.25, -0.2) is 9.37 Å². The van der Waals surface area contributed by atoms with E-state index < -0.39 is 24.3 Å². The highest BCUT2D eigenvalue weighted by atomic mass is 19.1. The molecule has 0 saturated heterocycles. The predicted octanol–water partition coefficient (Wildman–Crippen LogP) is 2.67. The van der Waals surface area contributed by atoms with Crippen molar-refractivity contribution in [3.05, 3.63) is 60.2 Å². The number of esters is 1. The van der Waals surface area contributed by atoms with Crippen molar-refractivity contribution in [1.82, 2.24) is 9.55 Å². The summed E-state index contributed by atoms with van der Waals surface area (Å²) in [5.41, 5.74) is 2.37. The first kappa shape index (κ1) is 16.6. The average molecular weight is 341 g/mol. The largest absolute Gasteiger partial charge is 0.454 e. The number of rotatable bonds is 5. The molecule has 0 aliphatic heterocycles. The molecule has 0 aliphatic rings. The summed E-state index contributed by atoms with van der Waals surface area (Å²) in [5, 5.41) is 2.48. The quantitative estimate of drug-likeness (QED) is 0.724. The third-order valence-corrected chi connectivity index (χ3v) is 3.65. The first-order valence-corrected chi connectivity index (χ1v) is 7.64. The van der Waals surface area contributed by atoms with Gasteiger partial charge < -0.3 is 14.6 Å². The smallest absolute Gasteiger partial charge is 0.326 e. The van der Waals surface area contributed by atoms with Crippen molar-refractivity contribution < 1.29 is 18.7 Å². The molecular weight excluding hydrogens is 325 g/mol. The normalized spacial score (nSPS) is 10.6. The summed E-state index contributed by atoms with van der Waals surface area (Å²) in [6.45, 7) is 1.14. The van der Waals surface area contributed by atoms with Gasteiger partial charge in [-0.1, -0.05) is 18.2 Å². The minimum Gasteiger partial charge on any atom is -0.454 e. The average Bonchev–Trinajstić information content (AvgIpc) is 2.99. The molecule has 1 N–H and O–H groups in total. The molecule has 0 fully saturated rings. The summed E-state index contributed by atoms with van der Waals surface area (Å²) in [6.07, 6.45) is 1.54. The Balaban J connectivity index is 1.53. The van der Waals surface area contributed by atoms with Crippen LogP contribution in [0, 0.1) is 12.7 Å². The van der Waals surface area contributed by atoms with Crippen LogP contribution in [0.3, 0.4) is 0 Å². The third-order valence-electron chi connectivity index (χ3n) is 3.65. The highest BCUT2D eigenvalue weighted by Crippen LogP contribution is 2.14. The molecule has 128 valence electrons. The Morgan fingerprint density at radius 3 is 2.84 bits per heavy atom. The molecule has 2 aromatic carbocycles. The first-order chi connectivity index (χ1) is 12.0. The number of imidazole rings is 1. The van der Waals surface area contributed by atoms with Crippen LogP contribution in [0.25, 0.3) is 11.0 Å². The molecule has 0 unspecified atom stereocenters. The van der Waals surface area contributed by atoms with Crippen molar-refractivity contribution in [3.8, 4) is 0 Å². The predicted molar refractivity (Wildman–Crippen MR) is 90.5 cm³/mol. The summed E-state index contributed by atoms with van der Waals surface area (Å²) in [5.74, 6) is -1.51. The lowest BCUT2D eigenvalue weighted by Gasteiger charge is -2.08. The zero-order chi connectivity index (χ0) is 17.8. The van der Waals surface area contributed by atoms with Gasteiger partial charge in [-0.3, -0.25) is 9.59 Å². The van der Waals surface area contributed by atoms with Crippen LogP contribution in [0.1, 0.15) is 5.56 Å². The fourth-order valence-electron chi connectivity index (χ4n) is 2.33. The van der Waals surface area contributed by atoms with Gasteiger partial charge in [-0.15, -0.1) is 0 Å². The van der Waals surface area contributed by atoms with Crippen LogP contribution in [0.5, 0.6) is 0 Å². The number of carbonyl (C=O) groups is 2. The maximum Gasteiger partial charge on any atom is 0.326 e. The van der Waals surface area contributed by atoms with E-state index in [0.717, 1.165) is 11.0 Å². The minimum atomic E-state index is -0.562. The molecule has 1 heterocycles. The Morgan fingerprint density at radius 1 is 1.24 bits per heavy atom. The van der Waals surface area contributed by atoms with Gasteiger partial charge in [0, 0.05) is 5.69 Å². The van der Waals surface area contributed by atoms with Gasteiger partial charge in [-0.05, 0) is 36.8 Å². The Bertz CT molecular complexity index is 936. The molecule has 0 bridgehead atoms. The number of fused-ring (bicyclic) bond motifs is 1. The number of nitrogens with one attached hydrogen (secondary N) is 1. The van der Waals surface area contributed by atoms with E-state index in [0.29, 0.717) is 11.3 Å². The van der Waals surface area contributed by atoms with E-state index in [-0.39, 0.29) is 6.54 Å². The van der Waals surface area contributed by atoms with Crippen molar-refractivity contribution in [3.63, 3.8) is 0 Å². The van der Waals surface area contributed by atoms with E-state index in [2.05, 4.69) is 10.3 Å². The van der Waals surface area contributed by atoms with Crippen LogP contribution in [-0.4, -0.2) is 28.0 Å². The number of nitrogens with zero attached hydrogens (tertiary/aromatic N) is 2. The lowest BCUT2D eigenvalue weighted by Crippen LogP contribution is -2.22. The van der Waals surface area contributed by atoms with Gasteiger partial charge in [0.1, 0.15) is 12.4 Å². The first-order valence-electron chi connectivity index (χ1n) is 7.64. The number of carbonyl (C=O) groups excluding carboxylic acids is 2. The van der Waals surface area contributed by atoms with Crippen molar-refractivity contribution in [2.24, 2.45) is 0 Å². The van der Waals surface area contributed by atoms with E-state index in [4.69, 9.17) is 4.74 Å². The molecule has 1 aromatic heterocycles. The Labute approximate surface area is 143 Å². The summed E-state index contributed by atoms with van der Waals surface area (Å²) in [4.78, 5) is 27.9. The van der Waals surface area contributed by atoms with Crippen LogP contribution in [0.4, 0.5) is 10.1 Å². The highest BCUT2D eigenvalue weighted by molar-refractivity contribution is 5.92. The zero-order valence-corrected chi connectivity index (χ0v) is 13.5. The second-order valence-electron chi connectivity index (χ2n) is 5.53. The lowest BCUT2D eigenvalue weighted by atomic mass is 10.2. The summed E-state index contributed by atoms with van der Waals surface area (Å²) < 4.78 is 20.0. The third kappa shape index (κ3) is 4.00. The molecule has 1 amide bonds. The second kappa shape index (κ2) is 7.12. The van der Waals surface area contributed by atoms with Crippen molar-refractivity contribution in [1.29, 1.82) is 0 Å². The molecule has 0 atom stereocenters. The van der Waals surface area contributed by atoms with E-state index in [9.17, 15) is 14.0 Å². The molecule has 3 rings (SSSR count). The molecule has 0 radical (unpaired) electrons. The second-order valence-corrected chi connectivity index (χ2v) is 5.53. The molecular formula is C18H16FN3O3. The fourth-order valence-corrected chi connectivity index (χ4v) is 2.33. The van der Waals surface area contributed by atoms with E-state index in [1.54, 1.807) is 30.0 Å². The molecule has 0 saturated carbocycles. The van der Waals surface area contributed by atoms with Crippen molar-refractivity contribution >= 4 is 28.6 Å². The SMILES string of the molecule is Cc1ccc(NC(=O)COC(=O)Cn2cnc3ccccc32)cc1F. The number of hydrogen-bond donors (Lipinski definition) is 1. The molecule has 6 nitrogen and oxygen atoms in total. The van der Waals surface area contributed by atoms with E-state index >= 15 is 0 Å². The summed E-state index contributed by atoms with van der Waals surface area (Å²) >= 11 is 0. The Morgan fingerprint density at radius 2 is 2.04 bits per heavy atom. The molecule has 3 aromatic rings. The fraction of sp³-hybridized carbons (Fsp3) is 0.167. The van der Waals surface area contributed by atoms with Crippen LogP contribution in [0.2, 0.25) is 0 Å². The van der Waals surface area contributed by atoms with Gasteiger partial charge in [0.25, 0.3) is 5.91 Å². The molecule has 0 aliphatic carbocycles. The zero-order valence-electron chi connectivity index (χ0n) is 13.5. The number of aryl methyl sites for hydroxylation is 1. The Kier molecular flexibility index (Phi) is 4.74. The Hall–Kier alpha value is -3.22. The molecule has 25 heavy (non-hydrogen) atoms. The number of hydrogen-bond acceptors (Lipinski definition) is 4. The standard InChI is InChI=1S/C18H16FN3O3/c1-12-6-7-13(8-14(12)19)21-17(23)10-25-18(24)9-22-11-20-15-4-2-3-5-16(15)22/h2-8,11H,9-10H2,1H3,(H,21,23). The number of anilines is 1. The number of para-hydroxylation sites is 2. The number of amides is 1. The van der Waals surface area contributed by atoms with Crippen LogP contribution >= 0.6 is 0 Å². The van der Waals surface area contributed by atoms with Gasteiger partial charge >= 0.3 is 5.97 Å². The van der Waals surface area contributed by atoms with Gasteiger partial charge in [0.15, 0.2) is 6.61 Å². The number of halogens is 1. The van der Waals surface area contributed by atoms with Gasteiger partial charge in [0.05, 0.1) is 17.4 Å². The lowest BCUT2D eigenvalue weighted by molar-refractivity contribution is -0.147. The monoisotopic (exact) mass is 341 g/mol. The minimum absolute atomic E-state index is 0.0487. The summed E-state index contributed by atoms with van der Waals surface area (Å²) in [6, 6.07) is 11.7. The van der Waals surface area contributed by atoms with Crippen molar-refractivity contribution in [2.45, 2.75) is 13.5 Å². The van der Waals surface area contributed by atoms with Gasteiger partial charge in [0.2, 0.25) is 0 Å². The maximum absolute atomic E-state index is 13.4. The highest BCUT2D eigenvalue weighted by Gasteiger charge is 2.11. The van der Waals surface area contributed by atoms with E-state index in [1.165, 1.54) is 6.07 Å². The van der Waals surface area contributed by atoms with Gasteiger partial charge in [-0.2, -0.15) is 0 Å². The molecule has 0 spiro atoms. The van der Waals surface area contributed by atoms with Crippen LogP contribution in [0.15, 0.2) is 48.8 Å². The van der Waals surface area contributed by atoms with Crippen LogP contribution < -0.4 is 5.32 Å². The summed E-state index contributed by atoms with van der Waals surface area (Å²) in [7, 11) is 0. The van der Waals surface area contributed by atoms with Crippen molar-refractivity contribution in [2.75, 3.05) is 11.9 Å². The van der Waals surface area contributed by atoms with Crippen LogP contribution in [-0.2, 0) is 20.9 Å². The number of benzene rings is 2. The maximum atomic E-state index is 13.4. The molecule has 7 heteroatoms. The number of ether oxygens (including phenoxy) is 1.